The first-order valence-electron chi connectivity index (χ1n) is 8.28. The minimum Gasteiger partial charge on any atom is -0.465 e. The predicted molar refractivity (Wildman–Crippen MR) is 86.9 cm³/mol. The number of nitrogens with one attached hydrogen (secondary N) is 1. The SMILES string of the molecule is CCC1(c2noc3cc4c(cc23)NC(=O)C4)CCCCN1C(=O)O. The molecule has 2 aliphatic rings. The van der Waals surface area contributed by atoms with Gasteiger partial charge in [0.2, 0.25) is 5.91 Å². The summed E-state index contributed by atoms with van der Waals surface area (Å²) in [5.74, 6) is -0.0396. The minimum absolute atomic E-state index is 0.0396. The van der Waals surface area contributed by atoms with Crippen molar-refractivity contribution in [3.05, 3.63) is 23.4 Å². The van der Waals surface area contributed by atoms with E-state index in [1.807, 2.05) is 19.1 Å². The van der Waals surface area contributed by atoms with Gasteiger partial charge in [-0.1, -0.05) is 12.1 Å². The summed E-state index contributed by atoms with van der Waals surface area (Å²) in [7, 11) is 0. The van der Waals surface area contributed by atoms with E-state index in [2.05, 4.69) is 10.5 Å². The van der Waals surface area contributed by atoms with Crippen molar-refractivity contribution in [3.8, 4) is 0 Å². The second-order valence-corrected chi connectivity index (χ2v) is 6.54. The van der Waals surface area contributed by atoms with Crippen LogP contribution in [-0.4, -0.2) is 33.7 Å². The summed E-state index contributed by atoms with van der Waals surface area (Å²) >= 11 is 0. The van der Waals surface area contributed by atoms with Crippen LogP contribution in [0, 0.1) is 0 Å². The molecule has 7 nitrogen and oxygen atoms in total. The molecule has 2 aromatic rings. The third-order valence-electron chi connectivity index (χ3n) is 5.32. The van der Waals surface area contributed by atoms with E-state index in [1.165, 1.54) is 4.90 Å². The number of piperidine rings is 1. The number of rotatable bonds is 2. The molecule has 1 atom stereocenters. The van der Waals surface area contributed by atoms with Crippen molar-refractivity contribution in [1.82, 2.24) is 10.1 Å². The molecule has 4 rings (SSSR count). The van der Waals surface area contributed by atoms with Crippen LogP contribution in [-0.2, 0) is 16.8 Å². The van der Waals surface area contributed by atoms with E-state index in [1.54, 1.807) is 0 Å². The maximum atomic E-state index is 11.8. The Balaban J connectivity index is 1.89. The van der Waals surface area contributed by atoms with Crippen LogP contribution in [0.2, 0.25) is 0 Å². The number of nitrogens with zero attached hydrogens (tertiary/aromatic N) is 2. The Hall–Kier alpha value is -2.57. The van der Waals surface area contributed by atoms with Crippen LogP contribution in [0.3, 0.4) is 0 Å². The summed E-state index contributed by atoms with van der Waals surface area (Å²) in [5.41, 5.74) is 2.24. The third kappa shape index (κ3) is 2.00. The summed E-state index contributed by atoms with van der Waals surface area (Å²) in [4.78, 5) is 24.9. The van der Waals surface area contributed by atoms with Gasteiger partial charge in [0.05, 0.1) is 12.0 Å². The maximum absolute atomic E-state index is 11.8. The molecule has 1 aromatic carbocycles. The largest absolute Gasteiger partial charge is 0.465 e. The fourth-order valence-corrected chi connectivity index (χ4v) is 4.09. The predicted octanol–water partition coefficient (Wildman–Crippen LogP) is 3.09. The van der Waals surface area contributed by atoms with Crippen LogP contribution in [0.4, 0.5) is 10.5 Å². The fourth-order valence-electron chi connectivity index (χ4n) is 4.09. The molecule has 1 fully saturated rings. The zero-order valence-corrected chi connectivity index (χ0v) is 13.5. The van der Waals surface area contributed by atoms with E-state index in [4.69, 9.17) is 4.52 Å². The average Bonchev–Trinajstić information content (AvgIpc) is 3.13. The fraction of sp³-hybridized carbons (Fsp3) is 0.471. The Bertz CT molecular complexity index is 844. The standard InChI is InChI=1S/C17H19N3O4/c1-2-17(5-3-4-6-20(17)16(22)23)15-11-9-12-10(8-14(21)18-12)7-13(11)24-19-15/h7,9H,2-6,8H2,1H3,(H,18,21)(H,22,23). The molecular weight excluding hydrogens is 310 g/mol. The number of fused-ring (bicyclic) bond motifs is 2. The number of aromatic nitrogens is 1. The Morgan fingerprint density at radius 3 is 3.04 bits per heavy atom. The van der Waals surface area contributed by atoms with Crippen LogP contribution < -0.4 is 5.32 Å². The molecule has 2 N–H and O–H groups in total. The van der Waals surface area contributed by atoms with Gasteiger partial charge in [-0.05, 0) is 43.4 Å². The number of hydrogen-bond donors (Lipinski definition) is 2. The number of carbonyl (C=O) groups is 2. The molecule has 0 saturated carbocycles. The van der Waals surface area contributed by atoms with Crippen molar-refractivity contribution in [2.24, 2.45) is 0 Å². The van der Waals surface area contributed by atoms with Gasteiger partial charge in [-0.15, -0.1) is 0 Å². The Morgan fingerprint density at radius 2 is 2.29 bits per heavy atom. The van der Waals surface area contributed by atoms with Crippen LogP contribution in [0.1, 0.15) is 43.9 Å². The zero-order valence-electron chi connectivity index (χ0n) is 13.5. The summed E-state index contributed by atoms with van der Waals surface area (Å²) < 4.78 is 5.51. The lowest BCUT2D eigenvalue weighted by Crippen LogP contribution is -2.51. The Labute approximate surface area is 138 Å². The van der Waals surface area contributed by atoms with Crippen molar-refractivity contribution >= 4 is 28.7 Å². The van der Waals surface area contributed by atoms with Gasteiger partial charge in [0.15, 0.2) is 5.58 Å². The number of hydrogen-bond acceptors (Lipinski definition) is 4. The molecule has 2 aliphatic heterocycles. The van der Waals surface area contributed by atoms with Crippen LogP contribution >= 0.6 is 0 Å². The third-order valence-corrected chi connectivity index (χ3v) is 5.32. The molecule has 0 radical (unpaired) electrons. The number of likely N-dealkylation sites (tertiary alicyclic amines) is 1. The summed E-state index contributed by atoms with van der Waals surface area (Å²) in [6, 6.07) is 3.70. The van der Waals surface area contributed by atoms with Gasteiger partial charge < -0.3 is 14.9 Å². The first-order chi connectivity index (χ1) is 11.5. The smallest absolute Gasteiger partial charge is 0.408 e. The summed E-state index contributed by atoms with van der Waals surface area (Å²) in [6.45, 7) is 2.48. The van der Waals surface area contributed by atoms with Gasteiger partial charge in [0, 0.05) is 17.6 Å². The lowest BCUT2D eigenvalue weighted by atomic mass is 9.80. The van der Waals surface area contributed by atoms with Crippen LogP contribution in [0.25, 0.3) is 11.0 Å². The normalized spacial score (nSPS) is 23.4. The second kappa shape index (κ2) is 5.22. The average molecular weight is 329 g/mol. The summed E-state index contributed by atoms with van der Waals surface area (Å²) in [6.07, 6.45) is 2.57. The molecule has 24 heavy (non-hydrogen) atoms. The Morgan fingerprint density at radius 1 is 1.46 bits per heavy atom. The lowest BCUT2D eigenvalue weighted by molar-refractivity contribution is -0.115. The maximum Gasteiger partial charge on any atom is 0.408 e. The van der Waals surface area contributed by atoms with Gasteiger partial charge >= 0.3 is 6.09 Å². The van der Waals surface area contributed by atoms with Crippen molar-refractivity contribution in [1.29, 1.82) is 0 Å². The molecular formula is C17H19N3O4. The quantitative estimate of drug-likeness (QED) is 0.882. The summed E-state index contributed by atoms with van der Waals surface area (Å²) in [5, 5.41) is 17.6. The molecule has 126 valence electrons. The molecule has 0 aliphatic carbocycles. The number of carboxylic acid groups (broad SMARTS) is 1. The second-order valence-electron chi connectivity index (χ2n) is 6.54. The van der Waals surface area contributed by atoms with E-state index >= 15 is 0 Å². The first-order valence-corrected chi connectivity index (χ1v) is 8.28. The number of benzene rings is 1. The highest BCUT2D eigenvalue weighted by molar-refractivity contribution is 6.02. The number of amides is 2. The van der Waals surface area contributed by atoms with E-state index in [0.717, 1.165) is 35.9 Å². The van der Waals surface area contributed by atoms with Gasteiger partial charge in [0.25, 0.3) is 0 Å². The number of anilines is 1. The van der Waals surface area contributed by atoms with Gasteiger partial charge in [-0.25, -0.2) is 4.79 Å². The zero-order chi connectivity index (χ0) is 16.9. The molecule has 0 bridgehead atoms. The highest BCUT2D eigenvalue weighted by atomic mass is 16.5. The lowest BCUT2D eigenvalue weighted by Gasteiger charge is -2.44. The minimum atomic E-state index is -0.929. The molecule has 0 spiro atoms. The highest BCUT2D eigenvalue weighted by Crippen LogP contribution is 2.44. The number of carbonyl (C=O) groups excluding carboxylic acids is 1. The molecule has 7 heteroatoms. The van der Waals surface area contributed by atoms with Crippen LogP contribution in [0.15, 0.2) is 16.7 Å². The monoisotopic (exact) mass is 329 g/mol. The van der Waals surface area contributed by atoms with Gasteiger partial charge in [-0.2, -0.15) is 0 Å². The first kappa shape index (κ1) is 15.0. The van der Waals surface area contributed by atoms with E-state index in [9.17, 15) is 14.7 Å². The van der Waals surface area contributed by atoms with E-state index in [-0.39, 0.29) is 5.91 Å². The molecule has 2 amide bonds. The van der Waals surface area contributed by atoms with Crippen molar-refractivity contribution in [2.45, 2.75) is 44.6 Å². The molecule has 1 aromatic heterocycles. The topological polar surface area (TPSA) is 95.7 Å². The van der Waals surface area contributed by atoms with Crippen LogP contribution in [0.5, 0.6) is 0 Å². The molecule has 1 unspecified atom stereocenters. The molecule has 1 saturated heterocycles. The Kier molecular flexibility index (Phi) is 3.26. The van der Waals surface area contributed by atoms with Gasteiger partial charge in [-0.3, -0.25) is 9.69 Å². The van der Waals surface area contributed by atoms with Gasteiger partial charge in [0.1, 0.15) is 5.69 Å². The van der Waals surface area contributed by atoms with E-state index in [0.29, 0.717) is 30.7 Å². The van der Waals surface area contributed by atoms with Crippen molar-refractivity contribution in [3.63, 3.8) is 0 Å². The van der Waals surface area contributed by atoms with E-state index < -0.39 is 11.6 Å². The van der Waals surface area contributed by atoms with Crippen molar-refractivity contribution in [2.75, 3.05) is 11.9 Å². The highest BCUT2D eigenvalue weighted by Gasteiger charge is 2.45. The molecule has 3 heterocycles. The van der Waals surface area contributed by atoms with Crippen molar-refractivity contribution < 1.29 is 19.2 Å².